The van der Waals surface area contributed by atoms with Crippen LogP contribution >= 0.6 is 0 Å². The summed E-state index contributed by atoms with van der Waals surface area (Å²) < 4.78 is 0. The lowest BCUT2D eigenvalue weighted by Crippen LogP contribution is -2.49. The number of piperazine rings is 1. The van der Waals surface area contributed by atoms with Gasteiger partial charge in [0.05, 0.1) is 6.54 Å². The molecule has 1 saturated heterocycles. The summed E-state index contributed by atoms with van der Waals surface area (Å²) >= 11 is 0. The van der Waals surface area contributed by atoms with Crippen LogP contribution in [0.5, 0.6) is 5.75 Å². The quantitative estimate of drug-likeness (QED) is 0.858. The number of hydrogen-bond acceptors (Lipinski definition) is 4. The Bertz CT molecular complexity index is 451. The minimum absolute atomic E-state index is 0.113. The van der Waals surface area contributed by atoms with Gasteiger partial charge in [-0.15, -0.1) is 0 Å². The summed E-state index contributed by atoms with van der Waals surface area (Å²) in [6.45, 7) is 8.99. The third kappa shape index (κ3) is 4.93. The van der Waals surface area contributed by atoms with Crippen LogP contribution in [0.3, 0.4) is 0 Å². The van der Waals surface area contributed by atoms with Gasteiger partial charge in [0.1, 0.15) is 5.75 Å². The summed E-state index contributed by atoms with van der Waals surface area (Å²) in [7, 11) is 0. The first-order chi connectivity index (χ1) is 10.0. The standard InChI is InChI=1S/C16H25N3O2/c1-13(2)11-17-16(21)12-18-7-9-19(10-8-18)14-3-5-15(20)6-4-14/h3-6,13,20H,7-12H2,1-2H3,(H,17,21). The molecule has 1 fully saturated rings. The number of hydrogen-bond donors (Lipinski definition) is 2. The fraction of sp³-hybridized carbons (Fsp3) is 0.562. The summed E-state index contributed by atoms with van der Waals surface area (Å²) in [5.74, 6) is 0.890. The summed E-state index contributed by atoms with van der Waals surface area (Å²) in [5, 5.41) is 12.3. The first kappa shape index (κ1) is 15.6. The van der Waals surface area contributed by atoms with E-state index in [2.05, 4.69) is 29.0 Å². The lowest BCUT2D eigenvalue weighted by atomic mass is 10.2. The Morgan fingerprint density at radius 2 is 1.81 bits per heavy atom. The molecule has 21 heavy (non-hydrogen) atoms. The van der Waals surface area contributed by atoms with E-state index in [-0.39, 0.29) is 5.91 Å². The van der Waals surface area contributed by atoms with Crippen molar-refractivity contribution in [2.45, 2.75) is 13.8 Å². The highest BCUT2D eigenvalue weighted by Crippen LogP contribution is 2.19. The summed E-state index contributed by atoms with van der Waals surface area (Å²) in [5.41, 5.74) is 1.12. The molecule has 1 aromatic rings. The van der Waals surface area contributed by atoms with Crippen molar-refractivity contribution in [2.24, 2.45) is 5.92 Å². The van der Waals surface area contributed by atoms with Crippen molar-refractivity contribution in [3.8, 4) is 5.75 Å². The molecule has 2 rings (SSSR count). The predicted octanol–water partition coefficient (Wildman–Crippen LogP) is 1.29. The molecule has 0 unspecified atom stereocenters. The van der Waals surface area contributed by atoms with E-state index in [1.807, 2.05) is 12.1 Å². The summed E-state index contributed by atoms with van der Waals surface area (Å²) in [6, 6.07) is 7.28. The number of phenolic OH excluding ortho intramolecular Hbond substituents is 1. The molecule has 1 heterocycles. The minimum atomic E-state index is 0.113. The van der Waals surface area contributed by atoms with Crippen molar-refractivity contribution in [3.05, 3.63) is 24.3 Å². The number of anilines is 1. The Morgan fingerprint density at radius 3 is 2.38 bits per heavy atom. The topological polar surface area (TPSA) is 55.8 Å². The van der Waals surface area contributed by atoms with Gasteiger partial charge in [-0.3, -0.25) is 9.69 Å². The maximum absolute atomic E-state index is 11.8. The van der Waals surface area contributed by atoms with Crippen LogP contribution in [0, 0.1) is 5.92 Å². The molecule has 0 atom stereocenters. The van der Waals surface area contributed by atoms with Crippen LogP contribution in [0.15, 0.2) is 24.3 Å². The van der Waals surface area contributed by atoms with Gasteiger partial charge in [-0.05, 0) is 30.2 Å². The van der Waals surface area contributed by atoms with E-state index in [1.165, 1.54) is 0 Å². The van der Waals surface area contributed by atoms with Crippen LogP contribution < -0.4 is 10.2 Å². The zero-order chi connectivity index (χ0) is 15.2. The molecular weight excluding hydrogens is 266 g/mol. The Hall–Kier alpha value is -1.75. The fourth-order valence-corrected chi connectivity index (χ4v) is 2.40. The van der Waals surface area contributed by atoms with Crippen molar-refractivity contribution in [3.63, 3.8) is 0 Å². The number of nitrogens with one attached hydrogen (secondary N) is 1. The van der Waals surface area contributed by atoms with Gasteiger partial charge < -0.3 is 15.3 Å². The molecule has 0 spiro atoms. The Labute approximate surface area is 126 Å². The third-order valence-corrected chi connectivity index (χ3v) is 3.66. The lowest BCUT2D eigenvalue weighted by Gasteiger charge is -2.35. The second-order valence-electron chi connectivity index (χ2n) is 5.98. The van der Waals surface area contributed by atoms with Gasteiger partial charge in [0.25, 0.3) is 0 Å². The molecule has 5 nitrogen and oxygen atoms in total. The number of aromatic hydroxyl groups is 1. The van der Waals surface area contributed by atoms with Gasteiger partial charge in [-0.25, -0.2) is 0 Å². The first-order valence-electron chi connectivity index (χ1n) is 7.57. The number of phenols is 1. The Morgan fingerprint density at radius 1 is 1.19 bits per heavy atom. The predicted molar refractivity (Wildman–Crippen MR) is 84.6 cm³/mol. The van der Waals surface area contributed by atoms with Crippen molar-refractivity contribution in [1.82, 2.24) is 10.2 Å². The summed E-state index contributed by atoms with van der Waals surface area (Å²) in [6.07, 6.45) is 0. The van der Waals surface area contributed by atoms with Crippen LogP contribution in [0.2, 0.25) is 0 Å². The lowest BCUT2D eigenvalue weighted by molar-refractivity contribution is -0.122. The largest absolute Gasteiger partial charge is 0.508 e. The van der Waals surface area contributed by atoms with Gasteiger partial charge in [0.15, 0.2) is 0 Å². The third-order valence-electron chi connectivity index (χ3n) is 3.66. The normalized spacial score (nSPS) is 16.2. The monoisotopic (exact) mass is 291 g/mol. The number of carbonyl (C=O) groups is 1. The molecule has 1 aromatic carbocycles. The molecule has 1 amide bonds. The number of carbonyl (C=O) groups excluding carboxylic acids is 1. The molecule has 0 radical (unpaired) electrons. The van der Waals surface area contributed by atoms with Crippen molar-refractivity contribution >= 4 is 11.6 Å². The second-order valence-corrected chi connectivity index (χ2v) is 5.98. The van der Waals surface area contributed by atoms with Crippen LogP contribution in [0.1, 0.15) is 13.8 Å². The van der Waals surface area contributed by atoms with Crippen molar-refractivity contribution in [2.75, 3.05) is 44.2 Å². The second kappa shape index (κ2) is 7.31. The maximum Gasteiger partial charge on any atom is 0.234 e. The number of amides is 1. The van der Waals surface area contributed by atoms with E-state index in [4.69, 9.17) is 0 Å². The zero-order valence-corrected chi connectivity index (χ0v) is 12.9. The van der Waals surface area contributed by atoms with Crippen molar-refractivity contribution in [1.29, 1.82) is 0 Å². The molecule has 5 heteroatoms. The van der Waals surface area contributed by atoms with E-state index in [0.717, 1.165) is 38.4 Å². The van der Waals surface area contributed by atoms with Crippen LogP contribution in [0.4, 0.5) is 5.69 Å². The van der Waals surface area contributed by atoms with Gasteiger partial charge >= 0.3 is 0 Å². The van der Waals surface area contributed by atoms with E-state index in [0.29, 0.717) is 18.2 Å². The van der Waals surface area contributed by atoms with Gasteiger partial charge in [0.2, 0.25) is 5.91 Å². The smallest absolute Gasteiger partial charge is 0.234 e. The minimum Gasteiger partial charge on any atom is -0.508 e. The van der Waals surface area contributed by atoms with Gasteiger partial charge in [-0.1, -0.05) is 13.8 Å². The van der Waals surface area contributed by atoms with Crippen molar-refractivity contribution < 1.29 is 9.90 Å². The maximum atomic E-state index is 11.8. The number of nitrogens with zero attached hydrogens (tertiary/aromatic N) is 2. The Kier molecular flexibility index (Phi) is 5.44. The molecule has 2 N–H and O–H groups in total. The van der Waals surface area contributed by atoms with E-state index in [1.54, 1.807) is 12.1 Å². The Balaban J connectivity index is 1.75. The fourth-order valence-electron chi connectivity index (χ4n) is 2.40. The SMILES string of the molecule is CC(C)CNC(=O)CN1CCN(c2ccc(O)cc2)CC1. The average Bonchev–Trinajstić information content (AvgIpc) is 2.47. The first-order valence-corrected chi connectivity index (χ1v) is 7.57. The molecule has 1 aliphatic heterocycles. The summed E-state index contributed by atoms with van der Waals surface area (Å²) in [4.78, 5) is 16.3. The molecule has 0 bridgehead atoms. The van der Waals surface area contributed by atoms with Crippen LogP contribution in [-0.4, -0.2) is 55.2 Å². The number of rotatable bonds is 5. The highest BCUT2D eigenvalue weighted by molar-refractivity contribution is 5.78. The molecule has 0 aliphatic carbocycles. The molecule has 1 aliphatic rings. The zero-order valence-electron chi connectivity index (χ0n) is 12.9. The van der Waals surface area contributed by atoms with Crippen LogP contribution in [-0.2, 0) is 4.79 Å². The van der Waals surface area contributed by atoms with E-state index < -0.39 is 0 Å². The number of benzene rings is 1. The highest BCUT2D eigenvalue weighted by atomic mass is 16.3. The van der Waals surface area contributed by atoms with Gasteiger partial charge in [0, 0.05) is 38.4 Å². The van der Waals surface area contributed by atoms with Crippen LogP contribution in [0.25, 0.3) is 0 Å². The van der Waals surface area contributed by atoms with Gasteiger partial charge in [-0.2, -0.15) is 0 Å². The molecule has 0 aromatic heterocycles. The van der Waals surface area contributed by atoms with E-state index in [9.17, 15) is 9.90 Å². The van der Waals surface area contributed by atoms with E-state index >= 15 is 0 Å². The highest BCUT2D eigenvalue weighted by Gasteiger charge is 2.19. The average molecular weight is 291 g/mol. The molecule has 116 valence electrons. The molecule has 0 saturated carbocycles. The molecular formula is C16H25N3O2.